The van der Waals surface area contributed by atoms with Gasteiger partial charge in [0.25, 0.3) is 5.91 Å². The lowest BCUT2D eigenvalue weighted by Gasteiger charge is -2.18. The van der Waals surface area contributed by atoms with E-state index < -0.39 is 15.9 Å². The molecule has 6 nitrogen and oxygen atoms in total. The topological polar surface area (TPSA) is 75.7 Å². The van der Waals surface area contributed by atoms with Gasteiger partial charge in [0.1, 0.15) is 11.6 Å². The van der Waals surface area contributed by atoms with Crippen molar-refractivity contribution in [1.82, 2.24) is 4.31 Å². The maximum absolute atomic E-state index is 12.8. The predicted molar refractivity (Wildman–Crippen MR) is 97.1 cm³/mol. The number of carbonyl (C=O) groups excluding carboxylic acids is 1. The second-order valence-corrected chi connectivity index (χ2v) is 7.34. The molecule has 0 fully saturated rings. The van der Waals surface area contributed by atoms with Crippen LogP contribution in [-0.2, 0) is 14.8 Å². The van der Waals surface area contributed by atoms with Crippen molar-refractivity contribution in [2.45, 2.75) is 18.7 Å². The van der Waals surface area contributed by atoms with E-state index in [2.05, 4.69) is 5.32 Å². The second kappa shape index (κ2) is 8.77. The van der Waals surface area contributed by atoms with E-state index in [1.165, 1.54) is 52.8 Å². The third-order valence-corrected chi connectivity index (χ3v) is 5.73. The molecular weight excluding hydrogens is 359 g/mol. The number of rotatable bonds is 8. The Kier molecular flexibility index (Phi) is 6.70. The van der Waals surface area contributed by atoms with Crippen LogP contribution in [0.5, 0.6) is 5.75 Å². The Morgan fingerprint density at radius 3 is 2.15 bits per heavy atom. The Labute approximate surface area is 152 Å². The average Bonchev–Trinajstić information content (AvgIpc) is 2.63. The van der Waals surface area contributed by atoms with Gasteiger partial charge in [0.2, 0.25) is 10.0 Å². The molecule has 8 heteroatoms. The highest BCUT2D eigenvalue weighted by atomic mass is 32.2. The molecule has 0 aliphatic rings. The summed E-state index contributed by atoms with van der Waals surface area (Å²) in [5, 5.41) is 2.57. The zero-order valence-electron chi connectivity index (χ0n) is 14.6. The van der Waals surface area contributed by atoms with Crippen molar-refractivity contribution >= 4 is 21.6 Å². The number of benzene rings is 2. The number of anilines is 1. The van der Waals surface area contributed by atoms with Crippen molar-refractivity contribution in [2.75, 3.05) is 25.0 Å². The number of ether oxygens (including phenoxy) is 1. The van der Waals surface area contributed by atoms with Gasteiger partial charge in [-0.05, 0) is 48.5 Å². The van der Waals surface area contributed by atoms with Gasteiger partial charge in [-0.2, -0.15) is 4.31 Å². The first-order valence-electron chi connectivity index (χ1n) is 8.15. The van der Waals surface area contributed by atoms with Gasteiger partial charge in [-0.15, -0.1) is 0 Å². The first-order valence-corrected chi connectivity index (χ1v) is 9.59. The summed E-state index contributed by atoms with van der Waals surface area (Å²) in [6.07, 6.45) is 0. The number of nitrogens with one attached hydrogen (secondary N) is 1. The zero-order valence-corrected chi connectivity index (χ0v) is 15.4. The summed E-state index contributed by atoms with van der Waals surface area (Å²) in [4.78, 5) is 12.0. The highest BCUT2D eigenvalue weighted by Gasteiger charge is 2.21. The van der Waals surface area contributed by atoms with Gasteiger partial charge in [-0.25, -0.2) is 12.8 Å². The third-order valence-electron chi connectivity index (χ3n) is 3.66. The van der Waals surface area contributed by atoms with Gasteiger partial charge < -0.3 is 10.1 Å². The molecule has 0 atom stereocenters. The van der Waals surface area contributed by atoms with Crippen LogP contribution in [-0.4, -0.2) is 38.3 Å². The predicted octanol–water partition coefficient (Wildman–Crippen LogP) is 2.87. The van der Waals surface area contributed by atoms with E-state index in [0.717, 1.165) is 0 Å². The monoisotopic (exact) mass is 380 g/mol. The van der Waals surface area contributed by atoms with Gasteiger partial charge in [-0.3, -0.25) is 4.79 Å². The molecule has 0 aromatic heterocycles. The quantitative estimate of drug-likeness (QED) is 0.764. The molecule has 0 aliphatic carbocycles. The minimum Gasteiger partial charge on any atom is -0.484 e. The maximum atomic E-state index is 12.8. The number of nitrogens with zero attached hydrogens (tertiary/aromatic N) is 1. The fourth-order valence-electron chi connectivity index (χ4n) is 2.30. The number of hydrogen-bond donors (Lipinski definition) is 1. The van der Waals surface area contributed by atoms with Gasteiger partial charge in [-0.1, -0.05) is 13.8 Å². The molecule has 2 rings (SSSR count). The van der Waals surface area contributed by atoms with E-state index in [1.54, 1.807) is 13.8 Å². The molecule has 1 amide bonds. The van der Waals surface area contributed by atoms with Gasteiger partial charge in [0.05, 0.1) is 4.90 Å². The Morgan fingerprint density at radius 1 is 1.04 bits per heavy atom. The van der Waals surface area contributed by atoms with Gasteiger partial charge in [0.15, 0.2) is 6.61 Å². The molecule has 0 saturated carbocycles. The molecule has 0 bridgehead atoms. The molecule has 0 aliphatic heterocycles. The lowest BCUT2D eigenvalue weighted by Crippen LogP contribution is -2.30. The summed E-state index contributed by atoms with van der Waals surface area (Å²) < 4.78 is 44.3. The summed E-state index contributed by atoms with van der Waals surface area (Å²) in [5.41, 5.74) is 0.459. The second-order valence-electron chi connectivity index (χ2n) is 5.40. The highest BCUT2D eigenvalue weighted by Crippen LogP contribution is 2.19. The summed E-state index contributed by atoms with van der Waals surface area (Å²) in [7, 11) is -3.53. The van der Waals surface area contributed by atoms with Crippen molar-refractivity contribution in [3.8, 4) is 5.75 Å². The van der Waals surface area contributed by atoms with Crippen LogP contribution >= 0.6 is 0 Å². The van der Waals surface area contributed by atoms with Crippen LogP contribution < -0.4 is 10.1 Å². The number of sulfonamides is 1. The molecular formula is C18H21FN2O4S. The lowest BCUT2D eigenvalue weighted by molar-refractivity contribution is -0.118. The van der Waals surface area contributed by atoms with Crippen LogP contribution in [0.2, 0.25) is 0 Å². The number of halogens is 1. The SMILES string of the molecule is CCN(CC)S(=O)(=O)c1ccc(OCC(=O)Nc2ccc(F)cc2)cc1. The van der Waals surface area contributed by atoms with Crippen molar-refractivity contribution in [2.24, 2.45) is 0 Å². The average molecular weight is 380 g/mol. The molecule has 140 valence electrons. The van der Waals surface area contributed by atoms with Crippen LogP contribution in [0.3, 0.4) is 0 Å². The van der Waals surface area contributed by atoms with Crippen LogP contribution in [0.1, 0.15) is 13.8 Å². The summed E-state index contributed by atoms with van der Waals surface area (Å²) in [6.45, 7) is 4.08. The number of amides is 1. The molecule has 0 radical (unpaired) electrons. The van der Waals surface area contributed by atoms with Crippen molar-refractivity contribution in [3.63, 3.8) is 0 Å². The standard InChI is InChI=1S/C18H21FN2O4S/c1-3-21(4-2)26(23,24)17-11-9-16(10-12-17)25-13-18(22)20-15-7-5-14(19)6-8-15/h5-12H,3-4,13H2,1-2H3,(H,20,22). The van der Waals surface area contributed by atoms with E-state index in [0.29, 0.717) is 24.5 Å². The molecule has 0 spiro atoms. The fourth-order valence-corrected chi connectivity index (χ4v) is 3.76. The van der Waals surface area contributed by atoms with Crippen molar-refractivity contribution in [3.05, 3.63) is 54.3 Å². The zero-order chi connectivity index (χ0) is 19.2. The number of carbonyl (C=O) groups is 1. The van der Waals surface area contributed by atoms with Gasteiger partial charge in [0, 0.05) is 18.8 Å². The largest absolute Gasteiger partial charge is 0.484 e. The van der Waals surface area contributed by atoms with E-state index in [-0.39, 0.29) is 17.3 Å². The molecule has 0 saturated heterocycles. The molecule has 26 heavy (non-hydrogen) atoms. The molecule has 1 N–H and O–H groups in total. The van der Waals surface area contributed by atoms with Gasteiger partial charge >= 0.3 is 0 Å². The van der Waals surface area contributed by atoms with E-state index in [9.17, 15) is 17.6 Å². The van der Waals surface area contributed by atoms with E-state index >= 15 is 0 Å². The minimum absolute atomic E-state index is 0.171. The summed E-state index contributed by atoms with van der Waals surface area (Å²) in [6, 6.07) is 11.3. The smallest absolute Gasteiger partial charge is 0.262 e. The Balaban J connectivity index is 1.94. The molecule has 2 aromatic carbocycles. The van der Waals surface area contributed by atoms with Crippen molar-refractivity contribution < 1.29 is 22.3 Å². The minimum atomic E-state index is -3.53. The van der Waals surface area contributed by atoms with E-state index in [4.69, 9.17) is 4.74 Å². The number of hydrogen-bond acceptors (Lipinski definition) is 4. The first kappa shape index (κ1) is 19.9. The third kappa shape index (κ3) is 5.03. The van der Waals surface area contributed by atoms with Crippen LogP contribution in [0.15, 0.2) is 53.4 Å². The Morgan fingerprint density at radius 2 is 1.62 bits per heavy atom. The fraction of sp³-hybridized carbons (Fsp3) is 0.278. The molecule has 0 unspecified atom stereocenters. The summed E-state index contributed by atoms with van der Waals surface area (Å²) in [5.74, 6) is -0.423. The molecule has 0 heterocycles. The normalized spacial score (nSPS) is 11.4. The Hall–Kier alpha value is -2.45. The highest BCUT2D eigenvalue weighted by molar-refractivity contribution is 7.89. The maximum Gasteiger partial charge on any atom is 0.262 e. The van der Waals surface area contributed by atoms with Crippen LogP contribution in [0.25, 0.3) is 0 Å². The Bertz CT molecular complexity index is 832. The van der Waals surface area contributed by atoms with Crippen LogP contribution in [0, 0.1) is 5.82 Å². The van der Waals surface area contributed by atoms with Crippen LogP contribution in [0.4, 0.5) is 10.1 Å². The van der Waals surface area contributed by atoms with E-state index in [1.807, 2.05) is 0 Å². The molecule has 2 aromatic rings. The lowest BCUT2D eigenvalue weighted by atomic mass is 10.3. The first-order chi connectivity index (χ1) is 12.4. The summed E-state index contributed by atoms with van der Waals surface area (Å²) >= 11 is 0. The van der Waals surface area contributed by atoms with Crippen molar-refractivity contribution in [1.29, 1.82) is 0 Å².